The molecule has 1 aromatic carbocycles. The summed E-state index contributed by atoms with van der Waals surface area (Å²) in [4.78, 5) is 2.06. The summed E-state index contributed by atoms with van der Waals surface area (Å²) in [5.74, 6) is 0. The topological polar surface area (TPSA) is 49.5 Å². The average Bonchev–Trinajstić information content (AvgIpc) is 2.47. The fraction of sp³-hybridized carbons (Fsp3) is 0.625. The van der Waals surface area contributed by atoms with Gasteiger partial charge >= 0.3 is 0 Å². The Morgan fingerprint density at radius 2 is 1.74 bits per heavy atom. The highest BCUT2D eigenvalue weighted by Crippen LogP contribution is 2.45. The molecule has 3 heteroatoms. The summed E-state index contributed by atoms with van der Waals surface area (Å²) in [7, 11) is 4.04. The maximum atomic E-state index is 10.7. The maximum Gasteiger partial charge on any atom is 0.0858 e. The molecule has 1 unspecified atom stereocenters. The van der Waals surface area contributed by atoms with Gasteiger partial charge in [0.1, 0.15) is 0 Å². The van der Waals surface area contributed by atoms with Crippen LogP contribution < -0.4 is 10.6 Å². The normalized spacial score (nSPS) is 20.0. The van der Waals surface area contributed by atoms with Crippen molar-refractivity contribution >= 4 is 5.69 Å². The first-order chi connectivity index (χ1) is 9.09. The molecule has 3 nitrogen and oxygen atoms in total. The number of benzene rings is 1. The van der Waals surface area contributed by atoms with Crippen LogP contribution in [0.25, 0.3) is 0 Å². The number of hydrogen-bond donors (Lipinski definition) is 2. The Morgan fingerprint density at radius 3 is 2.21 bits per heavy atom. The molecule has 0 spiro atoms. The van der Waals surface area contributed by atoms with Gasteiger partial charge in [-0.05, 0) is 30.5 Å². The molecule has 0 heterocycles. The molecule has 0 aromatic heterocycles. The monoisotopic (exact) mass is 262 g/mol. The molecule has 106 valence electrons. The van der Waals surface area contributed by atoms with Crippen LogP contribution in [0.15, 0.2) is 24.3 Å². The van der Waals surface area contributed by atoms with Crippen molar-refractivity contribution in [2.75, 3.05) is 25.5 Å². The van der Waals surface area contributed by atoms with E-state index in [9.17, 15) is 5.11 Å². The van der Waals surface area contributed by atoms with Gasteiger partial charge in [0.15, 0.2) is 0 Å². The molecular formula is C16H26N2O. The maximum absolute atomic E-state index is 10.7. The third-order valence-corrected chi connectivity index (χ3v) is 4.56. The third kappa shape index (κ3) is 2.93. The van der Waals surface area contributed by atoms with Crippen LogP contribution in [0, 0.1) is 5.41 Å². The van der Waals surface area contributed by atoms with Crippen LogP contribution in [0.5, 0.6) is 0 Å². The second kappa shape index (κ2) is 5.93. The number of anilines is 1. The van der Waals surface area contributed by atoms with Crippen molar-refractivity contribution < 1.29 is 5.11 Å². The molecule has 0 amide bonds. The number of aliphatic hydroxyl groups is 1. The van der Waals surface area contributed by atoms with Gasteiger partial charge in [0, 0.05) is 31.7 Å². The summed E-state index contributed by atoms with van der Waals surface area (Å²) >= 11 is 0. The molecule has 0 saturated heterocycles. The largest absolute Gasteiger partial charge is 0.388 e. The van der Waals surface area contributed by atoms with E-state index in [-0.39, 0.29) is 5.41 Å². The molecule has 3 N–H and O–H groups in total. The summed E-state index contributed by atoms with van der Waals surface area (Å²) in [5, 5.41) is 10.7. The highest BCUT2D eigenvalue weighted by atomic mass is 16.3. The van der Waals surface area contributed by atoms with Crippen LogP contribution in [-0.4, -0.2) is 25.7 Å². The van der Waals surface area contributed by atoms with Crippen LogP contribution in [0.4, 0.5) is 5.69 Å². The highest BCUT2D eigenvalue weighted by Gasteiger charge is 2.38. The number of hydrogen-bond acceptors (Lipinski definition) is 3. The van der Waals surface area contributed by atoms with Crippen molar-refractivity contribution in [3.63, 3.8) is 0 Å². The number of nitrogens with zero attached hydrogens (tertiary/aromatic N) is 1. The summed E-state index contributed by atoms with van der Waals surface area (Å²) in [6, 6.07) is 8.19. The van der Waals surface area contributed by atoms with Gasteiger partial charge in [0.2, 0.25) is 0 Å². The van der Waals surface area contributed by atoms with Crippen LogP contribution in [0.2, 0.25) is 0 Å². The molecular weight excluding hydrogens is 236 g/mol. The van der Waals surface area contributed by atoms with Gasteiger partial charge in [0.25, 0.3) is 0 Å². The number of rotatable bonds is 4. The minimum Gasteiger partial charge on any atom is -0.388 e. The van der Waals surface area contributed by atoms with E-state index in [0.717, 1.165) is 24.1 Å². The molecule has 19 heavy (non-hydrogen) atoms. The van der Waals surface area contributed by atoms with E-state index in [0.29, 0.717) is 6.54 Å². The minimum absolute atomic E-state index is 0.113. The third-order valence-electron chi connectivity index (χ3n) is 4.56. The highest BCUT2D eigenvalue weighted by molar-refractivity contribution is 5.46. The fourth-order valence-electron chi connectivity index (χ4n) is 3.15. The Kier molecular flexibility index (Phi) is 4.48. The van der Waals surface area contributed by atoms with Gasteiger partial charge in [0.05, 0.1) is 6.10 Å². The molecule has 1 aromatic rings. The van der Waals surface area contributed by atoms with Gasteiger partial charge in [-0.15, -0.1) is 0 Å². The Morgan fingerprint density at radius 1 is 1.16 bits per heavy atom. The molecule has 0 bridgehead atoms. The smallest absolute Gasteiger partial charge is 0.0858 e. The Labute approximate surface area is 116 Å². The van der Waals surface area contributed by atoms with Crippen molar-refractivity contribution in [3.8, 4) is 0 Å². The van der Waals surface area contributed by atoms with Gasteiger partial charge in [-0.3, -0.25) is 0 Å². The lowest BCUT2D eigenvalue weighted by Gasteiger charge is -2.40. The summed E-state index contributed by atoms with van der Waals surface area (Å²) in [6.45, 7) is 0.573. The van der Waals surface area contributed by atoms with E-state index in [1.165, 1.54) is 19.3 Å². The predicted octanol–water partition coefficient (Wildman–Crippen LogP) is 2.70. The number of aliphatic hydroxyl groups excluding tert-OH is 1. The lowest BCUT2D eigenvalue weighted by Crippen LogP contribution is -2.38. The van der Waals surface area contributed by atoms with E-state index < -0.39 is 6.10 Å². The van der Waals surface area contributed by atoms with Crippen molar-refractivity contribution in [1.29, 1.82) is 0 Å². The first-order valence-electron chi connectivity index (χ1n) is 7.24. The first kappa shape index (κ1) is 14.4. The van der Waals surface area contributed by atoms with Gasteiger partial charge in [-0.25, -0.2) is 0 Å². The molecule has 0 aliphatic heterocycles. The Balaban J connectivity index is 2.19. The zero-order valence-corrected chi connectivity index (χ0v) is 12.1. The SMILES string of the molecule is CN(C)c1ccc(C(O)C2(CN)CCCCC2)cc1. The number of nitrogens with two attached hydrogens (primary N) is 1. The van der Waals surface area contributed by atoms with Crippen LogP contribution in [0.3, 0.4) is 0 Å². The quantitative estimate of drug-likeness (QED) is 0.877. The zero-order chi connectivity index (χ0) is 13.9. The second-order valence-corrected chi connectivity index (χ2v) is 6.02. The van der Waals surface area contributed by atoms with Crippen molar-refractivity contribution in [1.82, 2.24) is 0 Å². The molecule has 1 aliphatic carbocycles. The first-order valence-corrected chi connectivity index (χ1v) is 7.24. The Bertz CT molecular complexity index is 394. The van der Waals surface area contributed by atoms with Crippen molar-refractivity contribution in [3.05, 3.63) is 29.8 Å². The molecule has 0 radical (unpaired) electrons. The van der Waals surface area contributed by atoms with Crippen molar-refractivity contribution in [2.45, 2.75) is 38.2 Å². The Hall–Kier alpha value is -1.06. The van der Waals surface area contributed by atoms with Gasteiger partial charge < -0.3 is 15.7 Å². The second-order valence-electron chi connectivity index (χ2n) is 6.02. The molecule has 1 atom stereocenters. The van der Waals surface area contributed by atoms with E-state index in [1.807, 2.05) is 26.2 Å². The molecule has 2 rings (SSSR count). The standard InChI is InChI=1S/C16H26N2O/c1-18(2)14-8-6-13(7-9-14)15(19)16(12-17)10-4-3-5-11-16/h6-9,15,19H,3-5,10-12,17H2,1-2H3. The van der Waals surface area contributed by atoms with E-state index in [1.54, 1.807) is 0 Å². The van der Waals surface area contributed by atoms with Crippen LogP contribution in [0.1, 0.15) is 43.8 Å². The van der Waals surface area contributed by atoms with E-state index in [4.69, 9.17) is 5.73 Å². The summed E-state index contributed by atoms with van der Waals surface area (Å²) in [6.07, 6.45) is 5.29. The zero-order valence-electron chi connectivity index (χ0n) is 12.1. The molecule has 1 aliphatic rings. The van der Waals surface area contributed by atoms with E-state index >= 15 is 0 Å². The average molecular weight is 262 g/mol. The lowest BCUT2D eigenvalue weighted by atomic mass is 9.68. The lowest BCUT2D eigenvalue weighted by molar-refractivity contribution is 0.000705. The van der Waals surface area contributed by atoms with E-state index in [2.05, 4.69) is 17.0 Å². The van der Waals surface area contributed by atoms with Crippen LogP contribution >= 0.6 is 0 Å². The summed E-state index contributed by atoms with van der Waals surface area (Å²) < 4.78 is 0. The minimum atomic E-state index is -0.436. The van der Waals surface area contributed by atoms with Crippen molar-refractivity contribution in [2.24, 2.45) is 11.1 Å². The van der Waals surface area contributed by atoms with Gasteiger partial charge in [-0.1, -0.05) is 31.4 Å². The molecule has 1 fully saturated rings. The molecule has 1 saturated carbocycles. The predicted molar refractivity (Wildman–Crippen MR) is 80.3 cm³/mol. The van der Waals surface area contributed by atoms with Gasteiger partial charge in [-0.2, -0.15) is 0 Å². The van der Waals surface area contributed by atoms with Crippen LogP contribution in [-0.2, 0) is 0 Å². The summed E-state index contributed by atoms with van der Waals surface area (Å²) in [5.41, 5.74) is 8.03. The fourth-order valence-corrected chi connectivity index (χ4v) is 3.15.